The number of halogens is 1. The number of anilines is 2. The molecule has 4 aromatic rings. The minimum Gasteiger partial charge on any atom is -0.387 e. The molecule has 7 rings (SSSR count). The molecular weight excluding hydrogens is 685 g/mol. The Morgan fingerprint density at radius 1 is 0.911 bits per heavy atom. The molecule has 0 saturated carbocycles. The van der Waals surface area contributed by atoms with Crippen LogP contribution < -0.4 is 17.0 Å². The molecule has 242 valence electrons. The van der Waals surface area contributed by atoms with Crippen molar-refractivity contribution < 1.29 is 46.2 Å². The summed E-state index contributed by atoms with van der Waals surface area (Å²) < 4.78 is 79.0. The summed E-state index contributed by atoms with van der Waals surface area (Å²) >= 11 is 8.03. The monoisotopic (exact) mass is 708 g/mol. The Balaban J connectivity index is 1.21. The summed E-state index contributed by atoms with van der Waals surface area (Å²) in [5.41, 5.74) is 11.0. The van der Waals surface area contributed by atoms with Gasteiger partial charge in [-0.25, -0.2) is 33.5 Å². The molecule has 6 N–H and O–H groups in total. The number of H-pyrrole nitrogens is 1. The molecule has 4 aromatic heterocycles. The third kappa shape index (κ3) is 5.54. The van der Waals surface area contributed by atoms with Gasteiger partial charge in [-0.05, 0) is 0 Å². The normalized spacial score (nSPS) is 37.7. The number of nitrogens with two attached hydrogens (primary N) is 2. The molecule has 20 nitrogen and oxygen atoms in total. The average Bonchev–Trinajstić information content (AvgIpc) is 3.72. The highest BCUT2D eigenvalue weighted by molar-refractivity contribution is 8.44. The van der Waals surface area contributed by atoms with Crippen LogP contribution in [0.3, 0.4) is 0 Å². The zero-order valence-electron chi connectivity index (χ0n) is 22.3. The van der Waals surface area contributed by atoms with Gasteiger partial charge in [0, 0.05) is 0 Å². The Morgan fingerprint density at radius 2 is 1.53 bits per heavy atom. The van der Waals surface area contributed by atoms with Gasteiger partial charge in [-0.2, -0.15) is 4.98 Å². The zero-order chi connectivity index (χ0) is 31.8. The molecule has 0 radical (unpaired) electrons. The number of hydrogen-bond acceptors (Lipinski definition) is 17. The van der Waals surface area contributed by atoms with Crippen LogP contribution in [0, 0.1) is 0 Å². The summed E-state index contributed by atoms with van der Waals surface area (Å²) in [5, 5.41) is 11.1. The van der Waals surface area contributed by atoms with E-state index >= 15 is 4.39 Å². The number of nitrogens with zero attached hydrogens (tertiary/aromatic N) is 7. The van der Waals surface area contributed by atoms with E-state index in [1.807, 2.05) is 0 Å². The molecule has 0 spiro atoms. The van der Waals surface area contributed by atoms with Gasteiger partial charge in [0.25, 0.3) is 5.56 Å². The Bertz CT molecular complexity index is 1950. The van der Waals surface area contributed by atoms with E-state index in [4.69, 9.17) is 39.0 Å². The molecule has 2 bridgehead atoms. The number of aliphatic hydroxyl groups is 1. The fourth-order valence-electron chi connectivity index (χ4n) is 5.26. The van der Waals surface area contributed by atoms with E-state index in [0.717, 1.165) is 6.33 Å². The summed E-state index contributed by atoms with van der Waals surface area (Å²) in [5.74, 6) is -0.193. The fraction of sp³-hybridized carbons (Fsp3) is 0.500. The smallest absolute Gasteiger partial charge is 0.386 e. The first-order valence-electron chi connectivity index (χ1n) is 12.9. The van der Waals surface area contributed by atoms with Crippen molar-refractivity contribution >= 4 is 72.2 Å². The van der Waals surface area contributed by atoms with Crippen molar-refractivity contribution in [2.45, 2.75) is 49.1 Å². The minimum absolute atomic E-state index is 0.0443. The van der Waals surface area contributed by atoms with E-state index < -0.39 is 81.5 Å². The maximum atomic E-state index is 16.0. The number of aliphatic hydroxyl groups excluding tert-OH is 1. The first-order chi connectivity index (χ1) is 21.3. The molecule has 10 atom stereocenters. The van der Waals surface area contributed by atoms with E-state index in [0.29, 0.717) is 0 Å². The van der Waals surface area contributed by atoms with Crippen molar-refractivity contribution in [2.75, 3.05) is 24.7 Å². The molecule has 3 fully saturated rings. The standard InChI is InChI=1S/C20H23FN10O10P2S2/c21-8-12-7(39-18(8)30-4-26-9-14(22)24-3-25-15(9)30)2-37-43(35,45)41-13-11(32)6(1-36-42(34,44)40-12)38-19(13)31-5-27-10-16(31)28-20(23)29-17(10)33/h3-8,11-13,18-19,32H,1-2H2,(H,34,44)(H,35,45)(H2,22,24,25)(H3,23,28,29,33)/t6-,7-,8+,11-,12-,13-,18-,19-,42+,43-/m1/s1. The van der Waals surface area contributed by atoms with Gasteiger partial charge in [0.1, 0.15) is 42.4 Å². The second-order valence-corrected chi connectivity index (χ2v) is 15.8. The van der Waals surface area contributed by atoms with E-state index in [1.165, 1.54) is 21.8 Å². The first kappa shape index (κ1) is 30.9. The van der Waals surface area contributed by atoms with Gasteiger partial charge in [0.15, 0.2) is 41.3 Å². The highest BCUT2D eigenvalue weighted by atomic mass is 32.7. The predicted molar refractivity (Wildman–Crippen MR) is 156 cm³/mol. The van der Waals surface area contributed by atoms with Crippen LogP contribution in [0.4, 0.5) is 16.2 Å². The van der Waals surface area contributed by atoms with Crippen LogP contribution in [-0.2, 0) is 36.7 Å². The van der Waals surface area contributed by atoms with Crippen molar-refractivity contribution in [1.29, 1.82) is 0 Å². The van der Waals surface area contributed by atoms with Gasteiger partial charge in [-0.3, -0.25) is 37.0 Å². The van der Waals surface area contributed by atoms with Gasteiger partial charge >= 0.3 is 13.6 Å². The third-order valence-electron chi connectivity index (χ3n) is 7.28. The molecule has 0 amide bonds. The van der Waals surface area contributed by atoms with Crippen LogP contribution in [0.25, 0.3) is 22.3 Å². The number of nitrogen functional groups attached to an aromatic ring is 2. The summed E-state index contributed by atoms with van der Waals surface area (Å²) in [7, 11) is 0. The lowest BCUT2D eigenvalue weighted by atomic mass is 10.1. The second kappa shape index (κ2) is 11.2. The Hall–Kier alpha value is -2.69. The fourth-order valence-corrected chi connectivity index (χ4v) is 8.20. The molecule has 45 heavy (non-hydrogen) atoms. The Labute approximate surface area is 260 Å². The predicted octanol–water partition coefficient (Wildman–Crippen LogP) is 0.511. The van der Waals surface area contributed by atoms with Crippen molar-refractivity contribution in [2.24, 2.45) is 0 Å². The van der Waals surface area contributed by atoms with Gasteiger partial charge in [0.05, 0.1) is 25.9 Å². The largest absolute Gasteiger partial charge is 0.387 e. The number of thiol groups is 2. The lowest BCUT2D eigenvalue weighted by Crippen LogP contribution is -2.35. The van der Waals surface area contributed by atoms with Crippen molar-refractivity contribution in [3.8, 4) is 0 Å². The van der Waals surface area contributed by atoms with Gasteiger partial charge in [-0.15, -0.1) is 0 Å². The molecule has 3 saturated heterocycles. The van der Waals surface area contributed by atoms with Crippen molar-refractivity contribution in [3.05, 3.63) is 29.3 Å². The number of hydrogen-bond donors (Lipinski definition) is 6. The summed E-state index contributed by atoms with van der Waals surface area (Å²) in [6.45, 7) is -10.1. The second-order valence-electron chi connectivity index (χ2n) is 10.1. The number of rotatable bonds is 2. The number of alkyl halides is 1. The summed E-state index contributed by atoms with van der Waals surface area (Å²) in [4.78, 5) is 34.7. The number of aromatic amines is 1. The van der Waals surface area contributed by atoms with Gasteiger partial charge in [-0.1, -0.05) is 24.5 Å². The molecule has 0 aromatic carbocycles. The quantitative estimate of drug-likeness (QED) is 0.122. The van der Waals surface area contributed by atoms with Crippen LogP contribution >= 0.6 is 38.1 Å². The van der Waals surface area contributed by atoms with Crippen LogP contribution in [-0.4, -0.2) is 94.0 Å². The summed E-state index contributed by atoms with van der Waals surface area (Å²) in [6.07, 6.45) is -8.75. The number of fused-ring (bicyclic) bond motifs is 5. The van der Waals surface area contributed by atoms with Gasteiger partial charge < -0.3 is 26.0 Å². The molecule has 25 heteroatoms. The highest BCUT2D eigenvalue weighted by Gasteiger charge is 2.54. The lowest BCUT2D eigenvalue weighted by Gasteiger charge is -2.26. The number of nitrogens with one attached hydrogen (secondary N) is 1. The maximum Gasteiger partial charge on any atom is 0.386 e. The number of ether oxygens (including phenoxy) is 2. The van der Waals surface area contributed by atoms with Crippen molar-refractivity contribution in [3.63, 3.8) is 0 Å². The molecule has 3 aliphatic heterocycles. The molecule has 0 aliphatic carbocycles. The SMILES string of the molecule is Nc1nc2c(ncn2[C@@H]2O[C@@H]3CO[P@](=O)(S)O[C@H]4[C@H](F)[C@H](n5cnc6c(N)ncnc65)O[C@@H]4CO[P@@](=O)(S)O[C@@H]2[C@@H]3O)c(=O)[nH]1. The van der Waals surface area contributed by atoms with E-state index in [-0.39, 0.29) is 34.1 Å². The van der Waals surface area contributed by atoms with Crippen LogP contribution in [0.5, 0.6) is 0 Å². The van der Waals surface area contributed by atoms with Crippen LogP contribution in [0.2, 0.25) is 0 Å². The molecule has 0 unspecified atom stereocenters. The molecular formula is C20H23FN10O10P2S2. The topological polar surface area (TPSA) is 269 Å². The highest BCUT2D eigenvalue weighted by Crippen LogP contribution is 2.60. The number of imidazole rings is 2. The van der Waals surface area contributed by atoms with Crippen LogP contribution in [0.15, 0.2) is 23.8 Å². The lowest BCUT2D eigenvalue weighted by molar-refractivity contribution is -0.0568. The van der Waals surface area contributed by atoms with Crippen molar-refractivity contribution in [1.82, 2.24) is 39.0 Å². The molecule has 7 heterocycles. The van der Waals surface area contributed by atoms with E-state index in [9.17, 15) is 19.0 Å². The Kier molecular flexibility index (Phi) is 7.72. The Morgan fingerprint density at radius 3 is 2.27 bits per heavy atom. The maximum absolute atomic E-state index is 16.0. The minimum atomic E-state index is -4.42. The third-order valence-corrected chi connectivity index (χ3v) is 10.5. The first-order valence-corrected chi connectivity index (χ1v) is 18.3. The van der Waals surface area contributed by atoms with E-state index in [1.54, 1.807) is 0 Å². The van der Waals surface area contributed by atoms with E-state index in [2.05, 4.69) is 54.4 Å². The zero-order valence-corrected chi connectivity index (χ0v) is 25.9. The average molecular weight is 709 g/mol. The number of aromatic nitrogens is 8. The van der Waals surface area contributed by atoms with Crippen LogP contribution in [0.1, 0.15) is 12.5 Å². The summed E-state index contributed by atoms with van der Waals surface area (Å²) in [6, 6.07) is 0. The van der Waals surface area contributed by atoms with Gasteiger partial charge in [0.2, 0.25) is 5.95 Å². The molecule has 3 aliphatic rings.